The summed E-state index contributed by atoms with van der Waals surface area (Å²) in [4.78, 5) is 25.1. The first kappa shape index (κ1) is 13.4. The van der Waals surface area contributed by atoms with Gasteiger partial charge in [0.1, 0.15) is 10.1 Å². The number of nitrogens with zero attached hydrogens (tertiary/aromatic N) is 5. The van der Waals surface area contributed by atoms with E-state index >= 15 is 0 Å². The maximum atomic E-state index is 12.4. The first-order valence-corrected chi connectivity index (χ1v) is 7.23. The normalized spacial score (nSPS) is 18.9. The lowest BCUT2D eigenvalue weighted by Crippen LogP contribution is -2.62. The molecule has 0 aliphatic carbocycles. The molecule has 1 amide bonds. The van der Waals surface area contributed by atoms with Crippen LogP contribution in [0, 0.1) is 0 Å². The van der Waals surface area contributed by atoms with Crippen molar-refractivity contribution in [2.45, 2.75) is 19.4 Å². The van der Waals surface area contributed by atoms with Gasteiger partial charge in [0.25, 0.3) is 0 Å². The molecule has 2 aromatic rings. The molecule has 6 nitrogen and oxygen atoms in total. The average molecular weight is 338 g/mol. The van der Waals surface area contributed by atoms with Crippen LogP contribution >= 0.6 is 15.9 Å². The third-order valence-corrected chi connectivity index (χ3v) is 4.17. The number of amides is 1. The summed E-state index contributed by atoms with van der Waals surface area (Å²) in [6.07, 6.45) is 5.46. The molecule has 3 heterocycles. The second-order valence-electron chi connectivity index (χ2n) is 5.48. The summed E-state index contributed by atoms with van der Waals surface area (Å²) in [7, 11) is 1.83. The first-order valence-electron chi connectivity index (χ1n) is 6.43. The van der Waals surface area contributed by atoms with Gasteiger partial charge in [0.05, 0.1) is 0 Å². The van der Waals surface area contributed by atoms with E-state index in [1.807, 2.05) is 42.6 Å². The van der Waals surface area contributed by atoms with Crippen LogP contribution < -0.4 is 4.90 Å². The molecule has 2 aromatic heterocycles. The number of hydrogen-bond acceptors (Lipinski definition) is 4. The van der Waals surface area contributed by atoms with Gasteiger partial charge in [-0.2, -0.15) is 0 Å². The third-order valence-electron chi connectivity index (χ3n) is 3.79. The van der Waals surface area contributed by atoms with E-state index in [0.717, 1.165) is 22.6 Å². The number of fused-ring (bicyclic) bond motifs is 1. The van der Waals surface area contributed by atoms with Crippen LogP contribution in [0.3, 0.4) is 0 Å². The average Bonchev–Trinajstić information content (AvgIpc) is 2.83. The van der Waals surface area contributed by atoms with E-state index in [9.17, 15) is 4.79 Å². The highest BCUT2D eigenvalue weighted by molar-refractivity contribution is 9.10. The van der Waals surface area contributed by atoms with Crippen molar-refractivity contribution < 1.29 is 4.79 Å². The number of anilines is 1. The zero-order valence-corrected chi connectivity index (χ0v) is 13.3. The summed E-state index contributed by atoms with van der Waals surface area (Å²) >= 11 is 3.42. The van der Waals surface area contributed by atoms with Crippen LogP contribution in [-0.4, -0.2) is 50.9 Å². The van der Waals surface area contributed by atoms with Crippen LogP contribution in [0.1, 0.15) is 13.8 Å². The molecule has 20 heavy (non-hydrogen) atoms. The van der Waals surface area contributed by atoms with Gasteiger partial charge in [-0.15, -0.1) is 0 Å². The molecule has 0 radical (unpaired) electrons. The molecule has 1 aliphatic heterocycles. The molecule has 0 saturated carbocycles. The van der Waals surface area contributed by atoms with Crippen molar-refractivity contribution in [1.82, 2.24) is 19.3 Å². The van der Waals surface area contributed by atoms with E-state index in [2.05, 4.69) is 25.9 Å². The lowest BCUT2D eigenvalue weighted by atomic mass is 9.98. The highest BCUT2D eigenvalue weighted by atomic mass is 79.9. The highest BCUT2D eigenvalue weighted by Gasteiger charge is 2.42. The largest absolute Gasteiger partial charge is 0.342 e. The van der Waals surface area contributed by atoms with E-state index in [4.69, 9.17) is 0 Å². The molecule has 0 aromatic carbocycles. The minimum absolute atomic E-state index is 0.0928. The van der Waals surface area contributed by atoms with E-state index in [1.165, 1.54) is 0 Å². The zero-order chi connectivity index (χ0) is 14.5. The van der Waals surface area contributed by atoms with Gasteiger partial charge in [0.15, 0.2) is 11.5 Å². The number of carbonyl (C=O) groups is 1. The van der Waals surface area contributed by atoms with Crippen molar-refractivity contribution >= 4 is 33.3 Å². The zero-order valence-electron chi connectivity index (χ0n) is 11.7. The quantitative estimate of drug-likeness (QED) is 0.792. The van der Waals surface area contributed by atoms with Crippen LogP contribution in [-0.2, 0) is 4.79 Å². The maximum Gasteiger partial charge on any atom is 0.247 e. The van der Waals surface area contributed by atoms with Gasteiger partial charge >= 0.3 is 0 Å². The van der Waals surface area contributed by atoms with Crippen LogP contribution in [0.5, 0.6) is 0 Å². The summed E-state index contributed by atoms with van der Waals surface area (Å²) in [5, 5.41) is 0. The van der Waals surface area contributed by atoms with Gasteiger partial charge in [-0.05, 0) is 29.8 Å². The maximum absolute atomic E-state index is 12.4. The Kier molecular flexibility index (Phi) is 2.97. The fraction of sp³-hybridized carbons (Fsp3) is 0.462. The predicted molar refractivity (Wildman–Crippen MR) is 79.7 cm³/mol. The molecular formula is C13H16BrN5O. The summed E-state index contributed by atoms with van der Waals surface area (Å²) < 4.78 is 2.63. The number of halogens is 1. The molecule has 1 saturated heterocycles. The molecule has 1 fully saturated rings. The lowest BCUT2D eigenvalue weighted by molar-refractivity contribution is -0.136. The Morgan fingerprint density at radius 3 is 2.85 bits per heavy atom. The van der Waals surface area contributed by atoms with Gasteiger partial charge in [0, 0.05) is 38.7 Å². The van der Waals surface area contributed by atoms with Crippen molar-refractivity contribution in [3.05, 3.63) is 23.2 Å². The molecule has 106 valence electrons. The van der Waals surface area contributed by atoms with Gasteiger partial charge < -0.3 is 14.2 Å². The third kappa shape index (κ3) is 1.88. The summed E-state index contributed by atoms with van der Waals surface area (Å²) in [6, 6.07) is 0. The Morgan fingerprint density at radius 1 is 1.35 bits per heavy atom. The Hall–Kier alpha value is -1.63. The van der Waals surface area contributed by atoms with E-state index in [1.54, 1.807) is 11.1 Å². The number of carbonyl (C=O) groups excluding carboxylic acids is 1. The Labute approximate surface area is 125 Å². The van der Waals surface area contributed by atoms with Crippen molar-refractivity contribution in [3.63, 3.8) is 0 Å². The highest BCUT2D eigenvalue weighted by Crippen LogP contribution is 2.30. The Morgan fingerprint density at radius 2 is 2.10 bits per heavy atom. The fourth-order valence-electron chi connectivity index (χ4n) is 2.65. The topological polar surface area (TPSA) is 53.7 Å². The number of piperazine rings is 1. The predicted octanol–water partition coefficient (Wildman–Crippen LogP) is 1.55. The number of imidazole rings is 1. The summed E-state index contributed by atoms with van der Waals surface area (Å²) in [5.74, 6) is 0.825. The van der Waals surface area contributed by atoms with Crippen LogP contribution in [0.2, 0.25) is 0 Å². The van der Waals surface area contributed by atoms with Crippen molar-refractivity contribution in [1.29, 1.82) is 0 Å². The SMILES string of the molecule is CN1CCN(c2nc(Br)cn3ccnc23)C(C)(C)C1=O. The molecule has 1 aliphatic rings. The first-order chi connectivity index (χ1) is 9.41. The number of aromatic nitrogens is 3. The van der Waals surface area contributed by atoms with E-state index < -0.39 is 5.54 Å². The molecule has 0 atom stereocenters. The fourth-order valence-corrected chi connectivity index (χ4v) is 3.04. The van der Waals surface area contributed by atoms with Gasteiger partial charge in [-0.25, -0.2) is 9.97 Å². The summed E-state index contributed by atoms with van der Waals surface area (Å²) in [6.45, 7) is 5.27. The minimum atomic E-state index is -0.632. The van der Waals surface area contributed by atoms with E-state index in [0.29, 0.717) is 6.54 Å². The lowest BCUT2D eigenvalue weighted by Gasteiger charge is -2.45. The Bertz CT molecular complexity index is 680. The van der Waals surface area contributed by atoms with Crippen LogP contribution in [0.15, 0.2) is 23.2 Å². The van der Waals surface area contributed by atoms with Crippen LogP contribution in [0.25, 0.3) is 5.65 Å². The van der Waals surface area contributed by atoms with Gasteiger partial charge in [-0.3, -0.25) is 4.79 Å². The molecule has 0 unspecified atom stereocenters. The monoisotopic (exact) mass is 337 g/mol. The standard InChI is InChI=1S/C13H16BrN5O/c1-13(2)12(20)17(3)6-7-19(13)11-10-15-4-5-18(10)8-9(14)16-11/h4-5,8H,6-7H2,1-3H3. The second-order valence-corrected chi connectivity index (χ2v) is 6.30. The summed E-state index contributed by atoms with van der Waals surface area (Å²) in [5.41, 5.74) is 0.131. The Balaban J connectivity index is 2.15. The van der Waals surface area contributed by atoms with E-state index in [-0.39, 0.29) is 5.91 Å². The molecule has 0 spiro atoms. The van der Waals surface area contributed by atoms with Crippen molar-refractivity contribution in [2.24, 2.45) is 0 Å². The van der Waals surface area contributed by atoms with Crippen LogP contribution in [0.4, 0.5) is 5.82 Å². The molecule has 3 rings (SSSR count). The van der Waals surface area contributed by atoms with Gasteiger partial charge in [0.2, 0.25) is 5.91 Å². The number of likely N-dealkylation sites (N-methyl/N-ethyl adjacent to an activating group) is 1. The number of hydrogen-bond donors (Lipinski definition) is 0. The molecule has 0 bridgehead atoms. The van der Waals surface area contributed by atoms with Crippen molar-refractivity contribution in [2.75, 3.05) is 25.0 Å². The second kappa shape index (κ2) is 4.44. The van der Waals surface area contributed by atoms with Crippen molar-refractivity contribution in [3.8, 4) is 0 Å². The smallest absolute Gasteiger partial charge is 0.247 e. The molecule has 7 heteroatoms. The number of rotatable bonds is 1. The van der Waals surface area contributed by atoms with Gasteiger partial charge in [-0.1, -0.05) is 0 Å². The minimum Gasteiger partial charge on any atom is -0.342 e. The molecule has 0 N–H and O–H groups in total. The molecular weight excluding hydrogens is 322 g/mol.